The molecule has 0 radical (unpaired) electrons. The molecule has 2 aromatic heterocycles. The van der Waals surface area contributed by atoms with E-state index in [-0.39, 0.29) is 36.5 Å². The number of rotatable bonds is 10. The first kappa shape index (κ1) is 29.6. The van der Waals surface area contributed by atoms with Gasteiger partial charge in [-0.2, -0.15) is 10.2 Å². The molecule has 2 aromatic carbocycles. The first-order chi connectivity index (χ1) is 20.7. The number of carbonyl (C=O) groups excluding carboxylic acids is 2. The van der Waals surface area contributed by atoms with Crippen molar-refractivity contribution in [2.24, 2.45) is 0 Å². The highest BCUT2D eigenvalue weighted by Crippen LogP contribution is 2.42. The Kier molecular flexibility index (Phi) is 9.24. The predicted octanol–water partition coefficient (Wildman–Crippen LogP) is 4.81. The number of nitrogens with one attached hydrogen (secondary N) is 2. The Bertz CT molecular complexity index is 1440. The normalized spacial score (nSPS) is 16.0. The number of hydrogen-bond donors (Lipinski definition) is 2. The number of nitrogens with zero attached hydrogens (tertiary/aromatic N) is 6. The zero-order valence-electron chi connectivity index (χ0n) is 25.1. The van der Waals surface area contributed by atoms with Gasteiger partial charge in [-0.15, -0.1) is 10.2 Å². The average molecular weight is 579 g/mol. The molecular weight excluding hydrogens is 540 g/mol. The molecular formula is C33H38N8O2. The summed E-state index contributed by atoms with van der Waals surface area (Å²) in [6.07, 6.45) is 3.37. The Hall–Kier alpha value is -4.86. The van der Waals surface area contributed by atoms with Gasteiger partial charge < -0.3 is 20.4 Å². The third-order valence-corrected chi connectivity index (χ3v) is 7.76. The van der Waals surface area contributed by atoms with Crippen molar-refractivity contribution in [2.75, 3.05) is 48.6 Å². The summed E-state index contributed by atoms with van der Waals surface area (Å²) in [5.74, 6) is 1.15. The van der Waals surface area contributed by atoms with E-state index in [4.69, 9.17) is 0 Å². The Morgan fingerprint density at radius 3 is 1.47 bits per heavy atom. The molecule has 10 heteroatoms. The van der Waals surface area contributed by atoms with Gasteiger partial charge in [0.15, 0.2) is 11.6 Å². The number of benzene rings is 2. The van der Waals surface area contributed by atoms with E-state index in [1.54, 1.807) is 0 Å². The van der Waals surface area contributed by atoms with Gasteiger partial charge in [0.1, 0.15) is 0 Å². The summed E-state index contributed by atoms with van der Waals surface area (Å²) >= 11 is 0. The fourth-order valence-corrected chi connectivity index (χ4v) is 5.41. The fraction of sp³-hybridized carbons (Fsp3) is 0.333. The second-order valence-corrected chi connectivity index (χ2v) is 11.5. The molecule has 43 heavy (non-hydrogen) atoms. The van der Waals surface area contributed by atoms with Crippen LogP contribution >= 0.6 is 0 Å². The summed E-state index contributed by atoms with van der Waals surface area (Å²) in [5.41, 5.74) is 5.81. The number of anilines is 4. The molecule has 2 atom stereocenters. The Labute approximate surface area is 252 Å². The molecule has 1 saturated carbocycles. The van der Waals surface area contributed by atoms with Crippen molar-refractivity contribution in [1.82, 2.24) is 20.4 Å². The number of carbonyl (C=O) groups is 2. The van der Waals surface area contributed by atoms with Gasteiger partial charge in [-0.05, 0) is 78.9 Å². The minimum Gasteiger partial charge on any atom is -0.378 e. The molecule has 4 aromatic rings. The van der Waals surface area contributed by atoms with Crippen LogP contribution in [-0.2, 0) is 22.4 Å². The molecule has 2 heterocycles. The maximum atomic E-state index is 12.6. The van der Waals surface area contributed by atoms with Crippen LogP contribution in [0, 0.1) is 0 Å². The largest absolute Gasteiger partial charge is 0.378 e. The van der Waals surface area contributed by atoms with Gasteiger partial charge >= 0.3 is 0 Å². The van der Waals surface area contributed by atoms with E-state index in [0.29, 0.717) is 11.6 Å². The van der Waals surface area contributed by atoms with Crippen molar-refractivity contribution >= 4 is 34.8 Å². The monoisotopic (exact) mass is 578 g/mol. The van der Waals surface area contributed by atoms with E-state index in [1.165, 1.54) is 0 Å². The van der Waals surface area contributed by atoms with Gasteiger partial charge in [-0.3, -0.25) is 9.59 Å². The van der Waals surface area contributed by atoms with Crippen LogP contribution < -0.4 is 20.4 Å². The lowest BCUT2D eigenvalue weighted by molar-refractivity contribution is -0.116. The van der Waals surface area contributed by atoms with Crippen LogP contribution in [0.5, 0.6) is 0 Å². The van der Waals surface area contributed by atoms with Crippen molar-refractivity contribution in [3.05, 3.63) is 95.3 Å². The van der Waals surface area contributed by atoms with Gasteiger partial charge in [-0.25, -0.2) is 0 Å². The van der Waals surface area contributed by atoms with Crippen molar-refractivity contribution in [3.8, 4) is 0 Å². The van der Waals surface area contributed by atoms with Crippen molar-refractivity contribution in [1.29, 1.82) is 0 Å². The summed E-state index contributed by atoms with van der Waals surface area (Å²) in [4.78, 5) is 29.2. The van der Waals surface area contributed by atoms with Gasteiger partial charge in [0.2, 0.25) is 11.8 Å². The van der Waals surface area contributed by atoms with Gasteiger partial charge in [-0.1, -0.05) is 24.3 Å². The predicted molar refractivity (Wildman–Crippen MR) is 170 cm³/mol. The Morgan fingerprint density at radius 1 is 0.651 bits per heavy atom. The molecule has 1 fully saturated rings. The highest BCUT2D eigenvalue weighted by molar-refractivity contribution is 5.92. The van der Waals surface area contributed by atoms with Crippen LogP contribution in [0.3, 0.4) is 0 Å². The maximum Gasteiger partial charge on any atom is 0.229 e. The molecule has 0 unspecified atom stereocenters. The van der Waals surface area contributed by atoms with Crippen LogP contribution in [0.25, 0.3) is 0 Å². The van der Waals surface area contributed by atoms with Gasteiger partial charge in [0, 0.05) is 51.4 Å². The van der Waals surface area contributed by atoms with E-state index in [0.717, 1.165) is 53.2 Å². The number of amides is 2. The molecule has 0 bridgehead atoms. The highest BCUT2D eigenvalue weighted by atomic mass is 16.2. The molecule has 2 amide bonds. The zero-order valence-corrected chi connectivity index (χ0v) is 25.1. The second kappa shape index (κ2) is 13.4. The van der Waals surface area contributed by atoms with Crippen LogP contribution in [0.4, 0.5) is 23.0 Å². The first-order valence-electron chi connectivity index (χ1n) is 14.5. The van der Waals surface area contributed by atoms with Gasteiger partial charge in [0.25, 0.3) is 0 Å². The van der Waals surface area contributed by atoms with Crippen molar-refractivity contribution < 1.29 is 9.59 Å². The minimum atomic E-state index is -0.129. The van der Waals surface area contributed by atoms with Crippen molar-refractivity contribution in [3.63, 3.8) is 0 Å². The van der Waals surface area contributed by atoms with E-state index in [2.05, 4.69) is 31.0 Å². The third-order valence-electron chi connectivity index (χ3n) is 7.76. The molecule has 0 aliphatic heterocycles. The summed E-state index contributed by atoms with van der Waals surface area (Å²) in [6.45, 7) is 0. The maximum absolute atomic E-state index is 12.6. The lowest BCUT2D eigenvalue weighted by Gasteiger charge is -2.13. The molecule has 222 valence electrons. The summed E-state index contributed by atoms with van der Waals surface area (Å²) in [5, 5.41) is 23.1. The Morgan fingerprint density at radius 2 is 1.09 bits per heavy atom. The molecule has 2 N–H and O–H groups in total. The quantitative estimate of drug-likeness (QED) is 0.275. The van der Waals surface area contributed by atoms with E-state index >= 15 is 0 Å². The highest BCUT2D eigenvalue weighted by Gasteiger charge is 2.29. The number of aromatic nitrogens is 4. The summed E-state index contributed by atoms with van der Waals surface area (Å²) in [7, 11) is 7.90. The van der Waals surface area contributed by atoms with Gasteiger partial charge in [0.05, 0.1) is 24.2 Å². The molecule has 0 saturated heterocycles. The molecule has 1 aliphatic carbocycles. The third kappa shape index (κ3) is 7.91. The minimum absolute atomic E-state index is 0.129. The summed E-state index contributed by atoms with van der Waals surface area (Å²) in [6, 6.07) is 23.3. The fourth-order valence-electron chi connectivity index (χ4n) is 5.41. The van der Waals surface area contributed by atoms with Crippen LogP contribution in [-0.4, -0.2) is 60.4 Å². The molecule has 10 nitrogen and oxygen atoms in total. The van der Waals surface area contributed by atoms with E-state index in [9.17, 15) is 9.59 Å². The SMILES string of the molecule is CN(C)c1cccc(CC(=O)Nc2ccc([C@H]3CC[C@H](c4ccc(NC(=O)Cc5cccc(N(C)C)c5)nn4)C3)nn2)c1. The van der Waals surface area contributed by atoms with E-state index < -0.39 is 0 Å². The average Bonchev–Trinajstić information content (AvgIpc) is 3.48. The zero-order chi connectivity index (χ0) is 30.3. The van der Waals surface area contributed by atoms with Crippen LogP contribution in [0.15, 0.2) is 72.8 Å². The molecule has 5 rings (SSSR count). The first-order valence-corrected chi connectivity index (χ1v) is 14.5. The van der Waals surface area contributed by atoms with Crippen LogP contribution in [0.1, 0.15) is 53.6 Å². The number of hydrogen-bond acceptors (Lipinski definition) is 8. The molecule has 0 spiro atoms. The second-order valence-electron chi connectivity index (χ2n) is 11.5. The summed E-state index contributed by atoms with van der Waals surface area (Å²) < 4.78 is 0. The molecule has 1 aliphatic rings. The van der Waals surface area contributed by atoms with Crippen molar-refractivity contribution in [2.45, 2.75) is 43.9 Å². The lowest BCUT2D eigenvalue weighted by atomic mass is 9.99. The van der Waals surface area contributed by atoms with E-state index in [1.807, 2.05) is 111 Å². The Balaban J connectivity index is 1.11. The standard InChI is InChI=1S/C33H38N8O2/c1-40(2)26-9-5-7-22(17-26)19-32(42)34-30-15-13-28(36-38-30)24-11-12-25(21-24)29-14-16-31(39-37-29)35-33(43)20-23-8-6-10-27(18-23)41(3)4/h5-10,13-18,24-25H,11-12,19-21H2,1-4H3,(H,34,38,42)(H,35,39,43)/t24-,25-/m0/s1. The smallest absolute Gasteiger partial charge is 0.229 e. The topological polar surface area (TPSA) is 116 Å². The lowest BCUT2D eigenvalue weighted by Crippen LogP contribution is -2.16. The van der Waals surface area contributed by atoms with Crippen LogP contribution in [0.2, 0.25) is 0 Å².